The molecular formula is C22H27N4OS+. The highest BCUT2D eigenvalue weighted by Crippen LogP contribution is 2.26. The Kier molecular flexibility index (Phi) is 7.14. The SMILES string of the molecule is CCOc1cc(/C=C/c2cc[n+](CCSc3nccn3C)cc2)ccc1NC. The third kappa shape index (κ3) is 5.39. The number of imidazole rings is 1. The Hall–Kier alpha value is -2.73. The van der Waals surface area contributed by atoms with Crippen LogP contribution in [0.3, 0.4) is 0 Å². The number of ether oxygens (including phenoxy) is 1. The molecule has 2 aromatic heterocycles. The van der Waals surface area contributed by atoms with Crippen LogP contribution in [-0.2, 0) is 13.6 Å². The smallest absolute Gasteiger partial charge is 0.169 e. The van der Waals surface area contributed by atoms with Crippen molar-refractivity contribution in [2.75, 3.05) is 24.7 Å². The van der Waals surface area contributed by atoms with Crippen molar-refractivity contribution >= 4 is 29.6 Å². The van der Waals surface area contributed by atoms with Gasteiger partial charge in [0.15, 0.2) is 24.1 Å². The molecule has 1 aromatic carbocycles. The molecule has 0 spiro atoms. The number of aryl methyl sites for hydroxylation is 2. The van der Waals surface area contributed by atoms with Crippen molar-refractivity contribution < 1.29 is 9.30 Å². The van der Waals surface area contributed by atoms with Gasteiger partial charge in [0.1, 0.15) is 5.75 Å². The first-order chi connectivity index (χ1) is 13.7. The van der Waals surface area contributed by atoms with E-state index in [1.165, 1.54) is 5.56 Å². The van der Waals surface area contributed by atoms with Crippen LogP contribution in [0.25, 0.3) is 12.2 Å². The lowest BCUT2D eigenvalue weighted by Gasteiger charge is -2.10. The van der Waals surface area contributed by atoms with Crippen molar-refractivity contribution in [2.45, 2.75) is 18.6 Å². The Labute approximate surface area is 171 Å². The molecule has 0 aliphatic rings. The number of hydrogen-bond donors (Lipinski definition) is 1. The second-order valence-corrected chi connectivity index (χ2v) is 7.37. The highest BCUT2D eigenvalue weighted by atomic mass is 32.2. The second-order valence-electron chi connectivity index (χ2n) is 6.31. The topological polar surface area (TPSA) is 43.0 Å². The van der Waals surface area contributed by atoms with E-state index in [0.29, 0.717) is 6.61 Å². The highest BCUT2D eigenvalue weighted by Gasteiger charge is 2.05. The number of hydrogen-bond acceptors (Lipinski definition) is 4. The number of pyridine rings is 1. The zero-order valence-corrected chi connectivity index (χ0v) is 17.4. The molecule has 5 nitrogen and oxygen atoms in total. The molecule has 0 bridgehead atoms. The van der Waals surface area contributed by atoms with Crippen LogP contribution < -0.4 is 14.6 Å². The van der Waals surface area contributed by atoms with Crippen LogP contribution >= 0.6 is 11.8 Å². The van der Waals surface area contributed by atoms with Gasteiger partial charge in [0.05, 0.1) is 18.0 Å². The minimum absolute atomic E-state index is 0.652. The standard InChI is InChI=1S/C22H26N4OS/c1-4-27-21-17-19(7-8-20(21)23-2)6-5-18-9-12-26(13-10-18)15-16-28-22-24-11-14-25(22)3/h5-14,17H,4,15-16H2,1-3H3/p+1. The van der Waals surface area contributed by atoms with Crippen molar-refractivity contribution in [3.05, 3.63) is 66.2 Å². The van der Waals surface area contributed by atoms with Crippen LogP contribution in [0.5, 0.6) is 5.75 Å². The largest absolute Gasteiger partial charge is 0.492 e. The number of aromatic nitrogens is 3. The van der Waals surface area contributed by atoms with Crippen LogP contribution in [0.4, 0.5) is 5.69 Å². The maximum atomic E-state index is 5.70. The van der Waals surface area contributed by atoms with Crippen molar-refractivity contribution in [1.29, 1.82) is 0 Å². The van der Waals surface area contributed by atoms with E-state index < -0.39 is 0 Å². The van der Waals surface area contributed by atoms with Gasteiger partial charge in [-0.05, 0) is 30.2 Å². The van der Waals surface area contributed by atoms with Crippen LogP contribution in [0.15, 0.2) is 60.3 Å². The molecule has 2 heterocycles. The first-order valence-corrected chi connectivity index (χ1v) is 10.4. The predicted molar refractivity (Wildman–Crippen MR) is 117 cm³/mol. The van der Waals surface area contributed by atoms with Crippen molar-refractivity contribution in [3.8, 4) is 5.75 Å². The minimum Gasteiger partial charge on any atom is -0.492 e. The lowest BCUT2D eigenvalue weighted by molar-refractivity contribution is -0.692. The zero-order chi connectivity index (χ0) is 19.8. The van der Waals surface area contributed by atoms with Gasteiger partial charge in [0.2, 0.25) is 0 Å². The van der Waals surface area contributed by atoms with E-state index >= 15 is 0 Å². The molecule has 0 unspecified atom stereocenters. The molecule has 0 saturated heterocycles. The lowest BCUT2D eigenvalue weighted by atomic mass is 10.1. The van der Waals surface area contributed by atoms with Gasteiger partial charge in [-0.2, -0.15) is 0 Å². The summed E-state index contributed by atoms with van der Waals surface area (Å²) in [6.45, 7) is 3.60. The van der Waals surface area contributed by atoms with Crippen molar-refractivity contribution in [2.24, 2.45) is 7.05 Å². The summed E-state index contributed by atoms with van der Waals surface area (Å²) < 4.78 is 9.94. The molecule has 28 heavy (non-hydrogen) atoms. The third-order valence-electron chi connectivity index (χ3n) is 4.32. The molecule has 0 aliphatic heterocycles. The maximum Gasteiger partial charge on any atom is 0.169 e. The van der Waals surface area contributed by atoms with E-state index in [-0.39, 0.29) is 0 Å². The van der Waals surface area contributed by atoms with Gasteiger partial charge in [0.25, 0.3) is 0 Å². The fourth-order valence-corrected chi connectivity index (χ4v) is 3.66. The van der Waals surface area contributed by atoms with Crippen LogP contribution in [0, 0.1) is 0 Å². The molecule has 0 aliphatic carbocycles. The van der Waals surface area contributed by atoms with E-state index in [2.05, 4.69) is 63.7 Å². The molecule has 0 saturated carbocycles. The van der Waals surface area contributed by atoms with Crippen molar-refractivity contribution in [1.82, 2.24) is 9.55 Å². The quantitative estimate of drug-likeness (QED) is 0.437. The Morgan fingerprint density at radius 1 is 1.18 bits per heavy atom. The van der Waals surface area contributed by atoms with Crippen LogP contribution in [-0.4, -0.2) is 29.0 Å². The van der Waals surface area contributed by atoms with E-state index in [4.69, 9.17) is 4.74 Å². The normalized spacial score (nSPS) is 11.1. The molecule has 146 valence electrons. The molecule has 0 radical (unpaired) electrons. The predicted octanol–water partition coefficient (Wildman–Crippen LogP) is 4.11. The summed E-state index contributed by atoms with van der Waals surface area (Å²) in [6.07, 6.45) is 12.3. The van der Waals surface area contributed by atoms with Gasteiger partial charge in [-0.1, -0.05) is 30.0 Å². The molecule has 0 amide bonds. The molecular weight excluding hydrogens is 368 g/mol. The first-order valence-electron chi connectivity index (χ1n) is 9.41. The Morgan fingerprint density at radius 2 is 1.96 bits per heavy atom. The van der Waals surface area contributed by atoms with Gasteiger partial charge < -0.3 is 14.6 Å². The number of benzene rings is 1. The summed E-state index contributed by atoms with van der Waals surface area (Å²) in [5, 5.41) is 4.21. The average molecular weight is 396 g/mol. The number of nitrogens with one attached hydrogen (secondary N) is 1. The van der Waals surface area contributed by atoms with E-state index in [1.54, 1.807) is 11.8 Å². The molecule has 0 atom stereocenters. The molecule has 1 N–H and O–H groups in total. The average Bonchev–Trinajstić information content (AvgIpc) is 3.12. The van der Waals surface area contributed by atoms with E-state index in [0.717, 1.165) is 34.5 Å². The first kappa shape index (κ1) is 20.0. The monoisotopic (exact) mass is 395 g/mol. The van der Waals surface area contributed by atoms with Crippen LogP contribution in [0.2, 0.25) is 0 Å². The Balaban J connectivity index is 1.57. The fourth-order valence-electron chi connectivity index (χ4n) is 2.78. The number of nitrogens with zero attached hydrogens (tertiary/aromatic N) is 3. The number of rotatable bonds is 9. The Morgan fingerprint density at radius 3 is 2.64 bits per heavy atom. The summed E-state index contributed by atoms with van der Waals surface area (Å²) >= 11 is 1.77. The molecule has 3 aromatic rings. The maximum absolute atomic E-state index is 5.70. The van der Waals surface area contributed by atoms with Gasteiger partial charge in [-0.25, -0.2) is 9.55 Å². The highest BCUT2D eigenvalue weighted by molar-refractivity contribution is 7.99. The fraction of sp³-hybridized carbons (Fsp3) is 0.273. The third-order valence-corrected chi connectivity index (χ3v) is 5.36. The minimum atomic E-state index is 0.652. The lowest BCUT2D eigenvalue weighted by Crippen LogP contribution is -2.33. The van der Waals surface area contributed by atoms with E-state index in [1.807, 2.05) is 44.0 Å². The van der Waals surface area contributed by atoms with Crippen LogP contribution in [0.1, 0.15) is 18.1 Å². The van der Waals surface area contributed by atoms with Gasteiger partial charge in [-0.15, -0.1) is 0 Å². The van der Waals surface area contributed by atoms with E-state index in [9.17, 15) is 0 Å². The molecule has 6 heteroatoms. The number of anilines is 1. The van der Waals surface area contributed by atoms with Gasteiger partial charge in [0, 0.05) is 38.6 Å². The zero-order valence-electron chi connectivity index (χ0n) is 16.6. The Bertz CT molecular complexity index is 919. The summed E-state index contributed by atoms with van der Waals surface area (Å²) in [4.78, 5) is 4.34. The molecule has 0 fully saturated rings. The summed E-state index contributed by atoms with van der Waals surface area (Å²) in [6, 6.07) is 10.5. The van der Waals surface area contributed by atoms with Gasteiger partial charge >= 0.3 is 0 Å². The van der Waals surface area contributed by atoms with Crippen molar-refractivity contribution in [3.63, 3.8) is 0 Å². The summed E-state index contributed by atoms with van der Waals surface area (Å²) in [7, 11) is 3.93. The number of thioether (sulfide) groups is 1. The second kappa shape index (κ2) is 9.99. The summed E-state index contributed by atoms with van der Waals surface area (Å²) in [5.74, 6) is 1.87. The summed E-state index contributed by atoms with van der Waals surface area (Å²) in [5.41, 5.74) is 3.29. The molecule has 3 rings (SSSR count). The van der Waals surface area contributed by atoms with Gasteiger partial charge in [-0.3, -0.25) is 0 Å².